The van der Waals surface area contributed by atoms with E-state index >= 15 is 0 Å². The number of rotatable bonds is 9. The van der Waals surface area contributed by atoms with Gasteiger partial charge in [-0.15, -0.1) is 0 Å². The van der Waals surface area contributed by atoms with Crippen LogP contribution in [0.1, 0.15) is 59.7 Å². The van der Waals surface area contributed by atoms with Crippen LogP contribution in [0.5, 0.6) is 0 Å². The highest BCUT2D eigenvalue weighted by atomic mass is 16.2. The first kappa shape index (κ1) is 25.1. The second-order valence-corrected chi connectivity index (χ2v) is 9.19. The summed E-state index contributed by atoms with van der Waals surface area (Å²) in [6, 6.07) is 13.7. The first-order chi connectivity index (χ1) is 17.3. The van der Waals surface area contributed by atoms with Crippen molar-refractivity contribution >= 4 is 29.5 Å². The quantitative estimate of drug-likeness (QED) is 0.461. The number of imide groups is 1. The number of hydrogen-bond donors (Lipinski definition) is 3. The topological polar surface area (TPSA) is 125 Å². The van der Waals surface area contributed by atoms with Crippen LogP contribution in [0.3, 0.4) is 0 Å². The monoisotopic (exact) mass is 490 g/mol. The predicted octanol–water partition coefficient (Wildman–Crippen LogP) is 1.59. The molecule has 0 aromatic heterocycles. The number of carbonyl (C=O) groups excluding carboxylic acids is 5. The highest BCUT2D eigenvalue weighted by Gasteiger charge is 2.39. The molecule has 2 aromatic rings. The number of fused-ring (bicyclic) bond motifs is 1. The summed E-state index contributed by atoms with van der Waals surface area (Å²) < 4.78 is 0. The van der Waals surface area contributed by atoms with Gasteiger partial charge in [0.15, 0.2) is 0 Å². The van der Waals surface area contributed by atoms with Crippen molar-refractivity contribution < 1.29 is 24.0 Å². The first-order valence-corrected chi connectivity index (χ1v) is 12.2. The summed E-state index contributed by atoms with van der Waals surface area (Å²) in [6.07, 6.45) is 2.19. The Bertz CT molecular complexity index is 1180. The van der Waals surface area contributed by atoms with Crippen molar-refractivity contribution in [3.63, 3.8) is 0 Å². The number of carbonyl (C=O) groups is 5. The average Bonchev–Trinajstić information content (AvgIpc) is 3.19. The summed E-state index contributed by atoms with van der Waals surface area (Å²) >= 11 is 0. The Kier molecular flexibility index (Phi) is 7.77. The van der Waals surface area contributed by atoms with Gasteiger partial charge in [-0.1, -0.05) is 42.5 Å². The Balaban J connectivity index is 1.38. The van der Waals surface area contributed by atoms with Crippen LogP contribution >= 0.6 is 0 Å². The highest BCUT2D eigenvalue weighted by molar-refractivity contribution is 6.05. The van der Waals surface area contributed by atoms with Crippen LogP contribution in [0.15, 0.2) is 48.5 Å². The lowest BCUT2D eigenvalue weighted by molar-refractivity contribution is -0.137. The summed E-state index contributed by atoms with van der Waals surface area (Å²) in [5.74, 6) is -1.48. The lowest BCUT2D eigenvalue weighted by Crippen LogP contribution is -2.52. The van der Waals surface area contributed by atoms with Gasteiger partial charge in [0.1, 0.15) is 12.1 Å². The van der Waals surface area contributed by atoms with Crippen LogP contribution in [0.4, 0.5) is 0 Å². The van der Waals surface area contributed by atoms with Crippen molar-refractivity contribution in [3.05, 3.63) is 70.8 Å². The molecule has 1 fully saturated rings. The number of benzene rings is 2. The lowest BCUT2D eigenvalue weighted by atomic mass is 9.97. The minimum atomic E-state index is -0.662. The number of nitrogens with zero attached hydrogens (tertiary/aromatic N) is 1. The Morgan fingerprint density at radius 1 is 1.08 bits per heavy atom. The molecule has 3 N–H and O–H groups in total. The number of aryl methyl sites for hydroxylation is 1. The maximum atomic E-state index is 13.0. The number of piperidine rings is 1. The molecule has 188 valence electrons. The van der Waals surface area contributed by atoms with Gasteiger partial charge in [0.25, 0.3) is 5.91 Å². The molecule has 9 nitrogen and oxygen atoms in total. The van der Waals surface area contributed by atoms with Crippen molar-refractivity contribution in [1.29, 1.82) is 0 Å². The van der Waals surface area contributed by atoms with Crippen LogP contribution in [-0.2, 0) is 38.7 Å². The maximum Gasteiger partial charge on any atom is 0.255 e. The predicted molar refractivity (Wildman–Crippen MR) is 131 cm³/mol. The molecule has 2 atom stereocenters. The number of nitrogens with one attached hydrogen (secondary N) is 3. The van der Waals surface area contributed by atoms with Gasteiger partial charge in [0.05, 0.1) is 0 Å². The van der Waals surface area contributed by atoms with E-state index in [0.717, 1.165) is 16.7 Å². The molecule has 4 rings (SSSR count). The van der Waals surface area contributed by atoms with Crippen molar-refractivity contribution in [2.24, 2.45) is 0 Å². The van der Waals surface area contributed by atoms with Crippen LogP contribution in [0, 0.1) is 0 Å². The molecule has 0 bridgehead atoms. The molecule has 9 heteroatoms. The van der Waals surface area contributed by atoms with Gasteiger partial charge in [0, 0.05) is 32.0 Å². The largest absolute Gasteiger partial charge is 0.350 e. The molecule has 0 radical (unpaired) electrons. The standard InChI is InChI=1S/C27H30N4O5/c1-17(32)29-22(25(34)28-15-18-7-3-2-4-8-18)12-6-10-19-9-5-11-20-21(19)16-31(27(20)36)23-13-14-24(33)30-26(23)35/h2-5,7-9,11,22-23H,6,10,12-16H2,1H3,(H,28,34)(H,29,32)(H,30,33,35)/t22-,23?/m0/s1. The number of amides is 5. The summed E-state index contributed by atoms with van der Waals surface area (Å²) in [5, 5.41) is 7.94. The van der Waals surface area contributed by atoms with Crippen molar-refractivity contribution in [1.82, 2.24) is 20.9 Å². The fourth-order valence-electron chi connectivity index (χ4n) is 4.80. The highest BCUT2D eigenvalue weighted by Crippen LogP contribution is 2.30. The van der Waals surface area contributed by atoms with Crippen molar-refractivity contribution in [2.75, 3.05) is 0 Å². The first-order valence-electron chi connectivity index (χ1n) is 12.2. The van der Waals surface area contributed by atoms with Crippen molar-refractivity contribution in [3.8, 4) is 0 Å². The molecule has 1 saturated heterocycles. The molecule has 2 aliphatic rings. The second kappa shape index (κ2) is 11.2. The molecule has 2 heterocycles. The van der Waals surface area contributed by atoms with Gasteiger partial charge < -0.3 is 15.5 Å². The summed E-state index contributed by atoms with van der Waals surface area (Å²) in [7, 11) is 0. The van der Waals surface area contributed by atoms with Crippen LogP contribution < -0.4 is 16.0 Å². The Morgan fingerprint density at radius 3 is 2.58 bits per heavy atom. The van der Waals surface area contributed by atoms with Crippen LogP contribution in [0.25, 0.3) is 0 Å². The summed E-state index contributed by atoms with van der Waals surface area (Å²) in [6.45, 7) is 2.07. The Labute approximate surface area is 209 Å². The SMILES string of the molecule is CC(=O)N[C@@H](CCCc1cccc2c1CN(C1CCC(=O)NC1=O)C2=O)C(=O)NCc1ccccc1. The van der Waals surface area contributed by atoms with E-state index in [0.29, 0.717) is 44.3 Å². The summed E-state index contributed by atoms with van der Waals surface area (Å²) in [4.78, 5) is 62.8. The summed E-state index contributed by atoms with van der Waals surface area (Å²) in [5.41, 5.74) is 3.38. The molecule has 1 unspecified atom stereocenters. The van der Waals surface area contributed by atoms with E-state index in [1.54, 1.807) is 6.07 Å². The fraction of sp³-hybridized carbons (Fsp3) is 0.370. The number of hydrogen-bond acceptors (Lipinski definition) is 5. The molecular formula is C27H30N4O5. The zero-order valence-electron chi connectivity index (χ0n) is 20.2. The van der Waals surface area contributed by atoms with Gasteiger partial charge in [-0.25, -0.2) is 0 Å². The maximum absolute atomic E-state index is 13.0. The van der Waals surface area contributed by atoms with E-state index < -0.39 is 18.0 Å². The Morgan fingerprint density at radius 2 is 1.86 bits per heavy atom. The molecule has 0 spiro atoms. The Hall–Kier alpha value is -4.01. The minimum Gasteiger partial charge on any atom is -0.350 e. The van der Waals surface area contributed by atoms with Gasteiger partial charge >= 0.3 is 0 Å². The lowest BCUT2D eigenvalue weighted by Gasteiger charge is -2.29. The van der Waals surface area contributed by atoms with Gasteiger partial charge in [-0.3, -0.25) is 29.3 Å². The van der Waals surface area contributed by atoms with E-state index in [1.807, 2.05) is 42.5 Å². The van der Waals surface area contributed by atoms with E-state index in [-0.39, 0.29) is 30.0 Å². The molecule has 5 amide bonds. The minimum absolute atomic E-state index is 0.209. The third-order valence-corrected chi connectivity index (χ3v) is 6.62. The molecule has 2 aliphatic heterocycles. The van der Waals surface area contributed by atoms with E-state index in [4.69, 9.17) is 0 Å². The zero-order valence-corrected chi connectivity index (χ0v) is 20.2. The molecule has 36 heavy (non-hydrogen) atoms. The fourth-order valence-corrected chi connectivity index (χ4v) is 4.80. The van der Waals surface area contributed by atoms with Crippen molar-refractivity contribution in [2.45, 2.75) is 64.2 Å². The van der Waals surface area contributed by atoms with Gasteiger partial charge in [-0.2, -0.15) is 0 Å². The molecule has 2 aromatic carbocycles. The third-order valence-electron chi connectivity index (χ3n) is 6.62. The second-order valence-electron chi connectivity index (χ2n) is 9.19. The van der Waals surface area contributed by atoms with Crippen LogP contribution in [-0.4, -0.2) is 46.5 Å². The van der Waals surface area contributed by atoms with Crippen LogP contribution in [0.2, 0.25) is 0 Å². The zero-order chi connectivity index (χ0) is 25.7. The van der Waals surface area contributed by atoms with E-state index in [9.17, 15) is 24.0 Å². The van der Waals surface area contributed by atoms with Gasteiger partial charge in [-0.05, 0) is 48.4 Å². The van der Waals surface area contributed by atoms with E-state index in [1.165, 1.54) is 11.8 Å². The molecule has 0 saturated carbocycles. The van der Waals surface area contributed by atoms with E-state index in [2.05, 4.69) is 16.0 Å². The third kappa shape index (κ3) is 5.79. The van der Waals surface area contributed by atoms with Gasteiger partial charge in [0.2, 0.25) is 23.6 Å². The molecular weight excluding hydrogens is 460 g/mol. The molecule has 0 aliphatic carbocycles. The normalized spacial score (nSPS) is 17.9. The average molecular weight is 491 g/mol. The smallest absolute Gasteiger partial charge is 0.255 e.